The summed E-state index contributed by atoms with van der Waals surface area (Å²) in [7, 11) is 1.64. The molecule has 0 aromatic heterocycles. The predicted molar refractivity (Wildman–Crippen MR) is 104 cm³/mol. The molecule has 1 N–H and O–H groups in total. The summed E-state index contributed by atoms with van der Waals surface area (Å²) in [5.41, 5.74) is 2.00. The molecule has 6 heteroatoms. The number of nitrogens with one attached hydrogen (secondary N) is 1. The Hall–Kier alpha value is -2.24. The average Bonchev–Trinajstić information content (AvgIpc) is 2.72. The van der Waals surface area contributed by atoms with Crippen LogP contribution in [0.1, 0.15) is 17.2 Å². The number of rotatable bonds is 3. The SMILES string of the molecule is COc1ccc2c(c1)CC(C(=O)N1CCNCC1c1ccccc1Cl)CO2. The summed E-state index contributed by atoms with van der Waals surface area (Å²) in [6.45, 7) is 2.55. The standard InChI is InChI=1S/C21H23ClN2O3/c1-26-16-6-7-20-14(11-16)10-15(13-27-20)21(25)24-9-8-23-12-19(24)17-4-2-3-5-18(17)22/h2-7,11,15,19,23H,8-10,12-13H2,1H3. The number of hydrogen-bond acceptors (Lipinski definition) is 4. The molecule has 0 spiro atoms. The summed E-state index contributed by atoms with van der Waals surface area (Å²) in [5.74, 6) is 1.53. The molecular formula is C21H23ClN2O3. The van der Waals surface area contributed by atoms with Crippen LogP contribution in [0.3, 0.4) is 0 Å². The van der Waals surface area contributed by atoms with Gasteiger partial charge in [-0.25, -0.2) is 0 Å². The minimum absolute atomic E-state index is 0.0633. The molecule has 2 atom stereocenters. The summed E-state index contributed by atoms with van der Waals surface area (Å²) in [4.78, 5) is 15.3. The molecule has 4 rings (SSSR count). The van der Waals surface area contributed by atoms with Crippen LogP contribution in [0.2, 0.25) is 5.02 Å². The third kappa shape index (κ3) is 3.62. The van der Waals surface area contributed by atoms with Crippen molar-refractivity contribution < 1.29 is 14.3 Å². The van der Waals surface area contributed by atoms with Crippen molar-refractivity contribution in [3.63, 3.8) is 0 Å². The van der Waals surface area contributed by atoms with Crippen molar-refractivity contribution in [1.29, 1.82) is 0 Å². The van der Waals surface area contributed by atoms with Gasteiger partial charge >= 0.3 is 0 Å². The Balaban J connectivity index is 1.56. The third-order valence-corrected chi connectivity index (χ3v) is 5.66. The van der Waals surface area contributed by atoms with E-state index in [-0.39, 0.29) is 17.9 Å². The van der Waals surface area contributed by atoms with Gasteiger partial charge in [-0.15, -0.1) is 0 Å². The Kier molecular flexibility index (Phi) is 5.23. The Morgan fingerprint density at radius 2 is 2.15 bits per heavy atom. The van der Waals surface area contributed by atoms with Gasteiger partial charge < -0.3 is 19.7 Å². The molecule has 0 aliphatic carbocycles. The first-order valence-corrected chi connectivity index (χ1v) is 9.60. The molecule has 2 aliphatic heterocycles. The zero-order valence-corrected chi connectivity index (χ0v) is 16.0. The molecular weight excluding hydrogens is 364 g/mol. The summed E-state index contributed by atoms with van der Waals surface area (Å²) in [6.07, 6.45) is 0.657. The largest absolute Gasteiger partial charge is 0.497 e. The zero-order valence-electron chi connectivity index (χ0n) is 15.3. The molecule has 2 heterocycles. The van der Waals surface area contributed by atoms with Gasteiger partial charge in [-0.2, -0.15) is 0 Å². The lowest BCUT2D eigenvalue weighted by Gasteiger charge is -2.39. The van der Waals surface area contributed by atoms with E-state index in [9.17, 15) is 4.79 Å². The van der Waals surface area contributed by atoms with Gasteiger partial charge in [-0.1, -0.05) is 29.8 Å². The van der Waals surface area contributed by atoms with E-state index in [1.165, 1.54) is 0 Å². The topological polar surface area (TPSA) is 50.8 Å². The van der Waals surface area contributed by atoms with Crippen molar-refractivity contribution in [2.45, 2.75) is 12.5 Å². The number of ether oxygens (including phenoxy) is 2. The molecule has 0 radical (unpaired) electrons. The van der Waals surface area contributed by atoms with Gasteiger partial charge in [0.25, 0.3) is 0 Å². The number of fused-ring (bicyclic) bond motifs is 1. The van der Waals surface area contributed by atoms with Crippen molar-refractivity contribution in [2.24, 2.45) is 5.92 Å². The highest BCUT2D eigenvalue weighted by molar-refractivity contribution is 6.31. The third-order valence-electron chi connectivity index (χ3n) is 5.31. The van der Waals surface area contributed by atoms with Gasteiger partial charge in [0.2, 0.25) is 5.91 Å². The Morgan fingerprint density at radius 3 is 2.96 bits per heavy atom. The fraction of sp³-hybridized carbons (Fsp3) is 0.381. The van der Waals surface area contributed by atoms with Crippen LogP contribution in [-0.4, -0.2) is 44.2 Å². The van der Waals surface area contributed by atoms with E-state index in [4.69, 9.17) is 21.1 Å². The monoisotopic (exact) mass is 386 g/mol. The molecule has 2 aromatic carbocycles. The average molecular weight is 387 g/mol. The minimum Gasteiger partial charge on any atom is -0.497 e. The second-order valence-electron chi connectivity index (χ2n) is 6.96. The zero-order chi connectivity index (χ0) is 18.8. The van der Waals surface area contributed by atoms with E-state index in [1.807, 2.05) is 47.4 Å². The summed E-state index contributed by atoms with van der Waals surface area (Å²) in [6, 6.07) is 13.4. The molecule has 27 heavy (non-hydrogen) atoms. The van der Waals surface area contributed by atoms with Crippen molar-refractivity contribution >= 4 is 17.5 Å². The van der Waals surface area contributed by atoms with E-state index in [1.54, 1.807) is 7.11 Å². The number of hydrogen-bond donors (Lipinski definition) is 1. The van der Waals surface area contributed by atoms with Gasteiger partial charge in [0, 0.05) is 24.7 Å². The second kappa shape index (κ2) is 7.79. The van der Waals surface area contributed by atoms with Crippen LogP contribution >= 0.6 is 11.6 Å². The quantitative estimate of drug-likeness (QED) is 0.880. The lowest BCUT2D eigenvalue weighted by molar-refractivity contribution is -0.140. The first kappa shape index (κ1) is 18.1. The van der Waals surface area contributed by atoms with Crippen LogP contribution in [-0.2, 0) is 11.2 Å². The van der Waals surface area contributed by atoms with E-state index < -0.39 is 0 Å². The maximum atomic E-state index is 13.4. The van der Waals surface area contributed by atoms with E-state index >= 15 is 0 Å². The van der Waals surface area contributed by atoms with Crippen LogP contribution in [0.15, 0.2) is 42.5 Å². The summed E-state index contributed by atoms with van der Waals surface area (Å²) < 4.78 is 11.2. The molecule has 1 saturated heterocycles. The van der Waals surface area contributed by atoms with Crippen molar-refractivity contribution in [2.75, 3.05) is 33.4 Å². The van der Waals surface area contributed by atoms with Gasteiger partial charge in [-0.3, -0.25) is 4.79 Å². The molecule has 1 amide bonds. The maximum absolute atomic E-state index is 13.4. The van der Waals surface area contributed by atoms with Crippen LogP contribution < -0.4 is 14.8 Å². The van der Waals surface area contributed by atoms with E-state index in [0.717, 1.165) is 29.2 Å². The maximum Gasteiger partial charge on any atom is 0.230 e. The number of nitrogens with zero attached hydrogens (tertiary/aromatic N) is 1. The molecule has 142 valence electrons. The van der Waals surface area contributed by atoms with E-state index in [0.29, 0.717) is 31.1 Å². The fourth-order valence-electron chi connectivity index (χ4n) is 3.88. The number of benzene rings is 2. The molecule has 2 aromatic rings. The number of piperazine rings is 1. The molecule has 2 aliphatic rings. The van der Waals surface area contributed by atoms with Crippen molar-refractivity contribution in [3.8, 4) is 11.5 Å². The summed E-state index contributed by atoms with van der Waals surface area (Å²) in [5, 5.41) is 4.07. The molecule has 2 unspecified atom stereocenters. The van der Waals surface area contributed by atoms with Gasteiger partial charge in [0.1, 0.15) is 18.1 Å². The smallest absolute Gasteiger partial charge is 0.230 e. The number of methoxy groups -OCH3 is 1. The number of halogens is 1. The van der Waals surface area contributed by atoms with Gasteiger partial charge in [0.05, 0.1) is 19.1 Å². The van der Waals surface area contributed by atoms with Gasteiger partial charge in [0.15, 0.2) is 0 Å². The lowest BCUT2D eigenvalue weighted by Crippen LogP contribution is -2.52. The fourth-order valence-corrected chi connectivity index (χ4v) is 4.14. The summed E-state index contributed by atoms with van der Waals surface area (Å²) >= 11 is 6.41. The molecule has 0 bridgehead atoms. The lowest BCUT2D eigenvalue weighted by atomic mass is 9.93. The first-order valence-electron chi connectivity index (χ1n) is 9.22. The number of carbonyl (C=O) groups excluding carboxylic acids is 1. The Labute approximate surface area is 164 Å². The molecule has 0 saturated carbocycles. The molecule has 5 nitrogen and oxygen atoms in total. The Morgan fingerprint density at radius 1 is 1.30 bits per heavy atom. The van der Waals surface area contributed by atoms with Crippen LogP contribution in [0.4, 0.5) is 0 Å². The Bertz CT molecular complexity index is 842. The van der Waals surface area contributed by atoms with Gasteiger partial charge in [-0.05, 0) is 41.8 Å². The number of amides is 1. The normalized spacial score (nSPS) is 21.9. The number of carbonyl (C=O) groups is 1. The minimum atomic E-state index is -0.201. The second-order valence-corrected chi connectivity index (χ2v) is 7.37. The van der Waals surface area contributed by atoms with E-state index in [2.05, 4.69) is 5.32 Å². The first-order chi connectivity index (χ1) is 13.2. The highest BCUT2D eigenvalue weighted by atomic mass is 35.5. The van der Waals surface area contributed by atoms with Crippen molar-refractivity contribution in [3.05, 3.63) is 58.6 Å². The van der Waals surface area contributed by atoms with Crippen molar-refractivity contribution in [1.82, 2.24) is 10.2 Å². The molecule has 1 fully saturated rings. The predicted octanol–water partition coefficient (Wildman–Crippen LogP) is 3.07. The van der Waals surface area contributed by atoms with Crippen LogP contribution in [0.25, 0.3) is 0 Å². The highest BCUT2D eigenvalue weighted by Gasteiger charge is 2.35. The van der Waals surface area contributed by atoms with Crippen LogP contribution in [0, 0.1) is 5.92 Å². The van der Waals surface area contributed by atoms with Crippen LogP contribution in [0.5, 0.6) is 11.5 Å². The highest BCUT2D eigenvalue weighted by Crippen LogP contribution is 2.34.